The Morgan fingerprint density at radius 1 is 1.27 bits per heavy atom. The number of anilines is 1. The van der Waals surface area contributed by atoms with Crippen molar-refractivity contribution in [1.82, 2.24) is 4.90 Å². The van der Waals surface area contributed by atoms with Gasteiger partial charge in [0.25, 0.3) is 0 Å². The monoisotopic (exact) mass is 304 g/mol. The molecule has 0 bridgehead atoms. The topological polar surface area (TPSA) is 38.5 Å². The summed E-state index contributed by atoms with van der Waals surface area (Å²) in [5.41, 5.74) is 8.36. The van der Waals surface area contributed by atoms with Gasteiger partial charge in [0.15, 0.2) is 0 Å². The zero-order chi connectivity index (χ0) is 16.7. The molecule has 1 heterocycles. The Balaban J connectivity index is 2.34. The van der Waals surface area contributed by atoms with Crippen molar-refractivity contribution in [2.24, 2.45) is 5.92 Å². The summed E-state index contributed by atoms with van der Waals surface area (Å²) in [6.45, 7) is 13.4. The summed E-state index contributed by atoms with van der Waals surface area (Å²) < 4.78 is 5.88. The molecule has 0 spiro atoms. The molecule has 124 valence electrons. The summed E-state index contributed by atoms with van der Waals surface area (Å²) in [4.78, 5) is 2.51. The molecule has 1 saturated heterocycles. The van der Waals surface area contributed by atoms with E-state index >= 15 is 0 Å². The lowest BCUT2D eigenvalue weighted by atomic mass is 9.70. The van der Waals surface area contributed by atoms with E-state index in [1.165, 1.54) is 5.56 Å². The first kappa shape index (κ1) is 17.1. The van der Waals surface area contributed by atoms with Crippen LogP contribution in [0.3, 0.4) is 0 Å². The van der Waals surface area contributed by atoms with Crippen molar-refractivity contribution in [3.63, 3.8) is 0 Å². The predicted molar refractivity (Wildman–Crippen MR) is 94.4 cm³/mol. The highest BCUT2D eigenvalue weighted by atomic mass is 16.5. The van der Waals surface area contributed by atoms with Gasteiger partial charge in [-0.05, 0) is 77.6 Å². The fourth-order valence-corrected chi connectivity index (χ4v) is 3.67. The van der Waals surface area contributed by atoms with Gasteiger partial charge in [0, 0.05) is 11.6 Å². The van der Waals surface area contributed by atoms with Crippen molar-refractivity contribution < 1.29 is 4.74 Å². The molecule has 0 saturated carbocycles. The molecule has 0 aromatic heterocycles. The van der Waals surface area contributed by atoms with Gasteiger partial charge in [-0.15, -0.1) is 0 Å². The van der Waals surface area contributed by atoms with Crippen LogP contribution in [-0.2, 0) is 0 Å². The zero-order valence-corrected chi connectivity index (χ0v) is 15.2. The molecule has 1 fully saturated rings. The molecule has 0 amide bonds. The smallest absolute Gasteiger partial charge is 0.142 e. The van der Waals surface area contributed by atoms with Crippen LogP contribution in [0.1, 0.15) is 59.4 Å². The first-order valence-corrected chi connectivity index (χ1v) is 8.42. The van der Waals surface area contributed by atoms with Gasteiger partial charge in [0.05, 0.1) is 11.8 Å². The molecule has 3 atom stereocenters. The van der Waals surface area contributed by atoms with Gasteiger partial charge in [-0.3, -0.25) is 4.90 Å². The fraction of sp³-hybridized carbons (Fsp3) is 0.684. The van der Waals surface area contributed by atoms with Crippen LogP contribution < -0.4 is 10.5 Å². The van der Waals surface area contributed by atoms with E-state index in [2.05, 4.69) is 51.8 Å². The van der Waals surface area contributed by atoms with Crippen molar-refractivity contribution in [3.8, 4) is 5.75 Å². The lowest BCUT2D eigenvalue weighted by Crippen LogP contribution is -2.55. The first-order valence-electron chi connectivity index (χ1n) is 8.42. The Labute approximate surface area is 135 Å². The number of benzene rings is 1. The molecule has 2 rings (SSSR count). The normalized spacial score (nSPS) is 28.8. The van der Waals surface area contributed by atoms with Crippen LogP contribution in [0.15, 0.2) is 18.2 Å². The van der Waals surface area contributed by atoms with Gasteiger partial charge >= 0.3 is 0 Å². The van der Waals surface area contributed by atoms with Crippen LogP contribution in [0.5, 0.6) is 5.75 Å². The van der Waals surface area contributed by atoms with E-state index in [0.717, 1.165) is 17.9 Å². The quantitative estimate of drug-likeness (QED) is 0.847. The van der Waals surface area contributed by atoms with E-state index in [0.29, 0.717) is 17.9 Å². The van der Waals surface area contributed by atoms with Gasteiger partial charge < -0.3 is 10.5 Å². The van der Waals surface area contributed by atoms with Crippen molar-refractivity contribution >= 4 is 5.69 Å². The zero-order valence-electron chi connectivity index (χ0n) is 15.2. The third kappa shape index (κ3) is 3.24. The van der Waals surface area contributed by atoms with Gasteiger partial charge in [-0.25, -0.2) is 0 Å². The summed E-state index contributed by atoms with van der Waals surface area (Å²) in [6.07, 6.45) is 1.29. The molecule has 1 aromatic carbocycles. The highest BCUT2D eigenvalue weighted by molar-refractivity contribution is 5.54. The molecule has 22 heavy (non-hydrogen) atoms. The molecule has 1 aromatic rings. The maximum atomic E-state index is 6.07. The van der Waals surface area contributed by atoms with E-state index in [1.54, 1.807) is 0 Å². The van der Waals surface area contributed by atoms with Crippen LogP contribution >= 0.6 is 0 Å². The summed E-state index contributed by atoms with van der Waals surface area (Å²) in [6, 6.07) is 6.89. The highest BCUT2D eigenvalue weighted by Gasteiger charge is 2.41. The van der Waals surface area contributed by atoms with Gasteiger partial charge in [0.1, 0.15) is 5.75 Å². The minimum absolute atomic E-state index is 0.142. The number of hydrogen-bond acceptors (Lipinski definition) is 3. The highest BCUT2D eigenvalue weighted by Crippen LogP contribution is 2.44. The average molecular weight is 304 g/mol. The molecule has 3 heteroatoms. The van der Waals surface area contributed by atoms with Crippen LogP contribution in [0.2, 0.25) is 0 Å². The molecular formula is C19H32N2O. The largest absolute Gasteiger partial charge is 0.489 e. The maximum Gasteiger partial charge on any atom is 0.142 e. The number of hydrogen-bond donors (Lipinski definition) is 1. The molecular weight excluding hydrogens is 272 g/mol. The summed E-state index contributed by atoms with van der Waals surface area (Å²) in [5.74, 6) is 1.97. The Hall–Kier alpha value is -1.22. The van der Waals surface area contributed by atoms with Crippen LogP contribution in [0, 0.1) is 5.92 Å². The van der Waals surface area contributed by atoms with Crippen LogP contribution in [0.25, 0.3) is 0 Å². The second kappa shape index (κ2) is 6.11. The van der Waals surface area contributed by atoms with Crippen LogP contribution in [0.4, 0.5) is 5.69 Å². The molecule has 3 nitrogen and oxygen atoms in total. The standard InChI is InChI=1S/C19H32N2O/c1-12(2)22-18-10-15(8-9-17(18)20)16-11-19(5,6)21(7)14(4)13(16)3/h8-10,12-14,16H,11,20H2,1-7H3. The van der Waals surface area contributed by atoms with Gasteiger partial charge in [0.2, 0.25) is 0 Å². The molecule has 1 aliphatic rings. The lowest BCUT2D eigenvalue weighted by Gasteiger charge is -2.51. The van der Waals surface area contributed by atoms with Crippen LogP contribution in [-0.4, -0.2) is 29.6 Å². The molecule has 3 unspecified atom stereocenters. The van der Waals surface area contributed by atoms with E-state index in [1.807, 2.05) is 19.9 Å². The third-order valence-corrected chi connectivity index (χ3v) is 5.51. The Kier molecular flexibility index (Phi) is 4.76. The van der Waals surface area contributed by atoms with E-state index in [-0.39, 0.29) is 11.6 Å². The number of likely N-dealkylation sites (tertiary alicyclic amines) is 1. The Bertz CT molecular complexity index is 524. The van der Waals surface area contributed by atoms with E-state index < -0.39 is 0 Å². The summed E-state index contributed by atoms with van der Waals surface area (Å²) in [7, 11) is 2.24. The van der Waals surface area contributed by atoms with Crippen molar-refractivity contribution in [2.75, 3.05) is 12.8 Å². The van der Waals surface area contributed by atoms with Crippen molar-refractivity contribution in [1.29, 1.82) is 0 Å². The molecule has 1 aliphatic heterocycles. The number of ether oxygens (including phenoxy) is 1. The van der Waals surface area contributed by atoms with Gasteiger partial charge in [-0.2, -0.15) is 0 Å². The molecule has 0 aliphatic carbocycles. The number of piperidine rings is 1. The van der Waals surface area contributed by atoms with Gasteiger partial charge in [-0.1, -0.05) is 13.0 Å². The summed E-state index contributed by atoms with van der Waals surface area (Å²) in [5, 5.41) is 0. The molecule has 2 N–H and O–H groups in total. The SMILES string of the molecule is CC(C)Oc1cc(C2CC(C)(C)N(C)C(C)C2C)ccc1N. The van der Waals surface area contributed by atoms with E-state index in [9.17, 15) is 0 Å². The lowest BCUT2D eigenvalue weighted by molar-refractivity contribution is 0.0113. The first-order chi connectivity index (χ1) is 10.1. The number of nitrogen functional groups attached to an aromatic ring is 1. The fourth-order valence-electron chi connectivity index (χ4n) is 3.67. The van der Waals surface area contributed by atoms with Crippen molar-refractivity contribution in [3.05, 3.63) is 23.8 Å². The number of rotatable bonds is 3. The second-order valence-corrected chi connectivity index (χ2v) is 7.80. The number of nitrogens with zero attached hydrogens (tertiary/aromatic N) is 1. The summed E-state index contributed by atoms with van der Waals surface area (Å²) >= 11 is 0. The van der Waals surface area contributed by atoms with Crippen molar-refractivity contribution in [2.45, 2.75) is 71.6 Å². The Morgan fingerprint density at radius 2 is 1.91 bits per heavy atom. The maximum absolute atomic E-state index is 6.07. The second-order valence-electron chi connectivity index (χ2n) is 7.80. The minimum atomic E-state index is 0.142. The number of nitrogens with two attached hydrogens (primary N) is 1. The third-order valence-electron chi connectivity index (χ3n) is 5.51. The molecule has 0 radical (unpaired) electrons. The average Bonchev–Trinajstić information content (AvgIpc) is 2.43. The minimum Gasteiger partial charge on any atom is -0.489 e. The Morgan fingerprint density at radius 3 is 2.50 bits per heavy atom. The predicted octanol–water partition coefficient (Wildman–Crippen LogP) is 4.28. The van der Waals surface area contributed by atoms with E-state index in [4.69, 9.17) is 10.5 Å².